The molecule has 138 valence electrons. The number of likely N-dealkylation sites (tertiary alicyclic amines) is 1. The van der Waals surface area contributed by atoms with Gasteiger partial charge in [-0.1, -0.05) is 6.92 Å². The van der Waals surface area contributed by atoms with Crippen LogP contribution in [0.1, 0.15) is 33.6 Å². The Morgan fingerprint density at radius 3 is 2.17 bits per heavy atom. The summed E-state index contributed by atoms with van der Waals surface area (Å²) < 4.78 is 5.48. The number of piperidine rings is 1. The summed E-state index contributed by atoms with van der Waals surface area (Å²) in [6.07, 6.45) is 2.44. The Morgan fingerprint density at radius 1 is 1.00 bits per heavy atom. The van der Waals surface area contributed by atoms with Crippen LogP contribution in [0.2, 0.25) is 0 Å². The van der Waals surface area contributed by atoms with E-state index in [1.54, 1.807) is 0 Å². The highest BCUT2D eigenvalue weighted by Gasteiger charge is 2.56. The molecule has 0 bridgehead atoms. The molecule has 2 unspecified atom stereocenters. The van der Waals surface area contributed by atoms with Crippen LogP contribution in [0.4, 0.5) is 4.79 Å². The van der Waals surface area contributed by atoms with E-state index in [-0.39, 0.29) is 6.03 Å². The number of fused-ring (bicyclic) bond motifs is 1. The molecule has 3 rings (SSSR count). The lowest BCUT2D eigenvalue weighted by molar-refractivity contribution is 0.0519. The summed E-state index contributed by atoms with van der Waals surface area (Å²) in [7, 11) is 0. The van der Waals surface area contributed by atoms with Crippen LogP contribution in [0.15, 0.2) is 0 Å². The van der Waals surface area contributed by atoms with Gasteiger partial charge < -0.3 is 19.4 Å². The summed E-state index contributed by atoms with van der Waals surface area (Å²) >= 11 is 0. The van der Waals surface area contributed by atoms with Gasteiger partial charge in [0.2, 0.25) is 0 Å². The molecule has 1 aliphatic carbocycles. The molecule has 1 saturated carbocycles. The average molecular weight is 338 g/mol. The van der Waals surface area contributed by atoms with Gasteiger partial charge in [0.05, 0.1) is 0 Å². The molecule has 5 heteroatoms. The van der Waals surface area contributed by atoms with Crippen molar-refractivity contribution in [1.82, 2.24) is 14.7 Å². The monoisotopic (exact) mass is 337 g/mol. The Hall–Kier alpha value is -0.810. The van der Waals surface area contributed by atoms with Gasteiger partial charge in [-0.3, -0.25) is 0 Å². The van der Waals surface area contributed by atoms with Gasteiger partial charge in [-0.25, -0.2) is 4.79 Å². The summed E-state index contributed by atoms with van der Waals surface area (Å²) in [6.45, 7) is 15.5. The van der Waals surface area contributed by atoms with Crippen molar-refractivity contribution in [2.45, 2.75) is 33.6 Å². The molecule has 2 saturated heterocycles. The number of rotatable bonds is 7. The third-order valence-corrected chi connectivity index (χ3v) is 6.45. The highest BCUT2D eigenvalue weighted by Crippen LogP contribution is 2.52. The van der Waals surface area contributed by atoms with Crippen molar-refractivity contribution in [2.75, 3.05) is 59.0 Å². The Morgan fingerprint density at radius 2 is 1.62 bits per heavy atom. The first-order valence-corrected chi connectivity index (χ1v) is 10.0. The molecular weight excluding hydrogens is 302 g/mol. The van der Waals surface area contributed by atoms with Crippen molar-refractivity contribution >= 4 is 6.03 Å². The molecule has 0 aromatic heterocycles. The SMILES string of the molecule is CCN(CC1CCOCC1)CC1C2CN(C(=O)N(CC)CC)CC12. The summed E-state index contributed by atoms with van der Waals surface area (Å²) in [5.41, 5.74) is 0. The zero-order valence-electron chi connectivity index (χ0n) is 15.7. The molecule has 2 amide bonds. The summed E-state index contributed by atoms with van der Waals surface area (Å²) in [5.74, 6) is 3.16. The topological polar surface area (TPSA) is 36.0 Å². The first-order valence-electron chi connectivity index (χ1n) is 10.0. The fraction of sp³-hybridized carbons (Fsp3) is 0.947. The number of ether oxygens (including phenoxy) is 1. The van der Waals surface area contributed by atoms with E-state index in [1.807, 2.05) is 4.90 Å². The first kappa shape index (κ1) is 18.0. The van der Waals surface area contributed by atoms with Crippen molar-refractivity contribution in [1.29, 1.82) is 0 Å². The van der Waals surface area contributed by atoms with Crippen LogP contribution in [-0.4, -0.2) is 79.8 Å². The summed E-state index contributed by atoms with van der Waals surface area (Å²) in [6, 6.07) is 0.250. The van der Waals surface area contributed by atoms with Crippen molar-refractivity contribution in [3.05, 3.63) is 0 Å². The zero-order chi connectivity index (χ0) is 17.1. The molecule has 0 radical (unpaired) electrons. The van der Waals surface area contributed by atoms with Gasteiger partial charge in [0, 0.05) is 52.5 Å². The minimum Gasteiger partial charge on any atom is -0.381 e. The van der Waals surface area contributed by atoms with E-state index in [4.69, 9.17) is 4.74 Å². The van der Waals surface area contributed by atoms with Crippen LogP contribution in [0, 0.1) is 23.7 Å². The van der Waals surface area contributed by atoms with Crippen LogP contribution in [0.25, 0.3) is 0 Å². The third kappa shape index (κ3) is 3.88. The highest BCUT2D eigenvalue weighted by atomic mass is 16.5. The summed E-state index contributed by atoms with van der Waals surface area (Å²) in [4.78, 5) is 19.1. The number of amides is 2. The van der Waals surface area contributed by atoms with E-state index in [1.165, 1.54) is 25.9 Å². The van der Waals surface area contributed by atoms with Crippen LogP contribution in [0.3, 0.4) is 0 Å². The van der Waals surface area contributed by atoms with Crippen molar-refractivity contribution < 1.29 is 9.53 Å². The van der Waals surface area contributed by atoms with Gasteiger partial charge in [0.25, 0.3) is 0 Å². The maximum atomic E-state index is 12.5. The molecule has 24 heavy (non-hydrogen) atoms. The second-order valence-electron chi connectivity index (χ2n) is 7.76. The molecule has 0 N–H and O–H groups in total. The normalized spacial score (nSPS) is 29.8. The van der Waals surface area contributed by atoms with Gasteiger partial charge >= 0.3 is 6.03 Å². The molecule has 3 fully saturated rings. The van der Waals surface area contributed by atoms with E-state index in [0.717, 1.165) is 69.6 Å². The lowest BCUT2D eigenvalue weighted by Gasteiger charge is -2.31. The minimum atomic E-state index is 0.250. The van der Waals surface area contributed by atoms with E-state index in [2.05, 4.69) is 30.6 Å². The van der Waals surface area contributed by atoms with E-state index < -0.39 is 0 Å². The molecule has 0 aromatic rings. The number of nitrogens with zero attached hydrogens (tertiary/aromatic N) is 3. The Bertz CT molecular complexity index is 409. The number of carbonyl (C=O) groups is 1. The van der Waals surface area contributed by atoms with Gasteiger partial charge in [-0.2, -0.15) is 0 Å². The molecular formula is C19H35N3O2. The zero-order valence-corrected chi connectivity index (χ0v) is 15.7. The highest BCUT2D eigenvalue weighted by molar-refractivity contribution is 5.75. The molecule has 2 atom stereocenters. The predicted octanol–water partition coefficient (Wildman–Crippen LogP) is 2.37. The number of hydrogen-bond acceptors (Lipinski definition) is 3. The van der Waals surface area contributed by atoms with E-state index in [9.17, 15) is 4.79 Å². The standard InChI is InChI=1S/C19H35N3O2/c1-4-20(11-15-7-9-24-10-8-15)12-16-17-13-22(14-18(16)17)19(23)21(5-2)6-3/h15-18H,4-14H2,1-3H3. The fourth-order valence-electron chi connectivity index (χ4n) is 4.70. The van der Waals surface area contributed by atoms with E-state index >= 15 is 0 Å². The predicted molar refractivity (Wildman–Crippen MR) is 96.0 cm³/mol. The third-order valence-electron chi connectivity index (χ3n) is 6.45. The van der Waals surface area contributed by atoms with Crippen molar-refractivity contribution in [3.8, 4) is 0 Å². The lowest BCUT2D eigenvalue weighted by atomic mass is 9.99. The quantitative estimate of drug-likeness (QED) is 0.715. The molecule has 0 spiro atoms. The number of urea groups is 1. The fourth-order valence-corrected chi connectivity index (χ4v) is 4.70. The Labute approximate surface area is 147 Å². The maximum Gasteiger partial charge on any atom is 0.319 e. The molecule has 3 aliphatic rings. The number of hydrogen-bond donors (Lipinski definition) is 0. The maximum absolute atomic E-state index is 12.5. The lowest BCUT2D eigenvalue weighted by Crippen LogP contribution is -2.43. The minimum absolute atomic E-state index is 0.250. The molecule has 0 aromatic carbocycles. The largest absolute Gasteiger partial charge is 0.381 e. The average Bonchev–Trinajstić information content (AvgIpc) is 3.05. The molecule has 2 heterocycles. The van der Waals surface area contributed by atoms with Crippen LogP contribution >= 0.6 is 0 Å². The van der Waals surface area contributed by atoms with Gasteiger partial charge in [-0.15, -0.1) is 0 Å². The second kappa shape index (κ2) is 8.05. The van der Waals surface area contributed by atoms with Crippen LogP contribution in [0.5, 0.6) is 0 Å². The van der Waals surface area contributed by atoms with Gasteiger partial charge in [0.1, 0.15) is 0 Å². The molecule has 2 aliphatic heterocycles. The van der Waals surface area contributed by atoms with Crippen molar-refractivity contribution in [3.63, 3.8) is 0 Å². The first-order chi connectivity index (χ1) is 11.7. The van der Waals surface area contributed by atoms with E-state index in [0.29, 0.717) is 0 Å². The smallest absolute Gasteiger partial charge is 0.319 e. The van der Waals surface area contributed by atoms with Crippen LogP contribution in [-0.2, 0) is 4.74 Å². The Kier molecular flexibility index (Phi) is 6.03. The second-order valence-corrected chi connectivity index (χ2v) is 7.76. The van der Waals surface area contributed by atoms with Gasteiger partial charge in [0.15, 0.2) is 0 Å². The van der Waals surface area contributed by atoms with Gasteiger partial charge in [-0.05, 0) is 56.9 Å². The Balaban J connectivity index is 1.42. The van der Waals surface area contributed by atoms with Crippen molar-refractivity contribution in [2.24, 2.45) is 23.7 Å². The molecule has 5 nitrogen and oxygen atoms in total. The van der Waals surface area contributed by atoms with Crippen LogP contribution < -0.4 is 0 Å². The summed E-state index contributed by atoms with van der Waals surface area (Å²) in [5, 5.41) is 0. The number of carbonyl (C=O) groups excluding carboxylic acids is 1.